The molecule has 0 aliphatic heterocycles. The van der Waals surface area contributed by atoms with Crippen molar-refractivity contribution in [3.63, 3.8) is 0 Å². The monoisotopic (exact) mass is 409 g/mol. The maximum Gasteiger partial charge on any atom is 0.244 e. The van der Waals surface area contributed by atoms with Gasteiger partial charge in [-0.3, -0.25) is 4.79 Å². The van der Waals surface area contributed by atoms with Crippen LogP contribution in [0.15, 0.2) is 79.0 Å². The van der Waals surface area contributed by atoms with Gasteiger partial charge in [0.25, 0.3) is 0 Å². The maximum absolute atomic E-state index is 13.6. The second-order valence-corrected chi connectivity index (χ2v) is 7.33. The van der Waals surface area contributed by atoms with E-state index in [1.54, 1.807) is 18.2 Å². The van der Waals surface area contributed by atoms with Crippen LogP contribution in [0.5, 0.6) is 0 Å². The highest BCUT2D eigenvalue weighted by Crippen LogP contribution is 2.26. The Morgan fingerprint density at radius 1 is 1.10 bits per heavy atom. The first kappa shape index (κ1) is 20.1. The zero-order valence-electron chi connectivity index (χ0n) is 17.0. The van der Waals surface area contributed by atoms with E-state index in [4.69, 9.17) is 0 Å². The summed E-state index contributed by atoms with van der Waals surface area (Å²) in [5, 5.41) is 13.5. The van der Waals surface area contributed by atoms with Crippen LogP contribution >= 0.6 is 0 Å². The van der Waals surface area contributed by atoms with Crippen molar-refractivity contribution in [3.8, 4) is 6.07 Å². The van der Waals surface area contributed by atoms with Gasteiger partial charge in [0, 0.05) is 28.4 Å². The Kier molecular flexibility index (Phi) is 5.63. The van der Waals surface area contributed by atoms with Crippen LogP contribution in [0.3, 0.4) is 0 Å². The van der Waals surface area contributed by atoms with Crippen molar-refractivity contribution in [2.45, 2.75) is 13.5 Å². The molecular weight excluding hydrogens is 389 g/mol. The number of carbonyl (C=O) groups excluding carboxylic acids is 1. The van der Waals surface area contributed by atoms with Crippen molar-refractivity contribution < 1.29 is 9.18 Å². The van der Waals surface area contributed by atoms with Crippen molar-refractivity contribution in [2.75, 3.05) is 5.32 Å². The van der Waals surface area contributed by atoms with Gasteiger partial charge in [-0.2, -0.15) is 5.26 Å². The highest BCUT2D eigenvalue weighted by molar-refractivity contribution is 5.99. The lowest BCUT2D eigenvalue weighted by Crippen LogP contribution is -2.18. The van der Waals surface area contributed by atoms with Gasteiger partial charge in [0.15, 0.2) is 0 Å². The van der Waals surface area contributed by atoms with Crippen LogP contribution in [0.25, 0.3) is 22.6 Å². The number of amides is 1. The average molecular weight is 409 g/mol. The number of halogens is 1. The van der Waals surface area contributed by atoms with E-state index in [0.717, 1.165) is 27.7 Å². The summed E-state index contributed by atoms with van der Waals surface area (Å²) < 4.78 is 15.5. The lowest BCUT2D eigenvalue weighted by atomic mass is 10.0. The van der Waals surface area contributed by atoms with Gasteiger partial charge in [0.1, 0.15) is 12.4 Å². The summed E-state index contributed by atoms with van der Waals surface area (Å²) in [5.74, 6) is -0.540. The second-order valence-electron chi connectivity index (χ2n) is 7.33. The van der Waals surface area contributed by atoms with E-state index in [9.17, 15) is 14.4 Å². The molecule has 31 heavy (non-hydrogen) atoms. The molecule has 0 atom stereocenters. The van der Waals surface area contributed by atoms with Crippen LogP contribution in [-0.4, -0.2) is 10.5 Å². The molecule has 0 radical (unpaired) electrons. The van der Waals surface area contributed by atoms with Crippen LogP contribution in [-0.2, 0) is 11.3 Å². The average Bonchev–Trinajstić information content (AvgIpc) is 3.09. The first-order valence-corrected chi connectivity index (χ1v) is 9.85. The number of allylic oxidation sites excluding steroid dienone is 1. The SMILES string of the molecule is Cc1cccc(NC(=O)Cn2cc(/C=C(/C#N)c3cccc(F)c3)c3ccccc32)c1. The third-order valence-electron chi connectivity index (χ3n) is 4.99. The quantitative estimate of drug-likeness (QED) is 0.424. The van der Waals surface area contributed by atoms with Gasteiger partial charge in [-0.15, -0.1) is 0 Å². The molecule has 1 heterocycles. The molecule has 4 nitrogen and oxygen atoms in total. The van der Waals surface area contributed by atoms with E-state index in [2.05, 4.69) is 11.4 Å². The summed E-state index contributed by atoms with van der Waals surface area (Å²) in [7, 11) is 0. The zero-order valence-corrected chi connectivity index (χ0v) is 17.0. The minimum atomic E-state index is -0.395. The summed E-state index contributed by atoms with van der Waals surface area (Å²) in [6, 6.07) is 23.4. The minimum absolute atomic E-state index is 0.129. The summed E-state index contributed by atoms with van der Waals surface area (Å²) >= 11 is 0. The van der Waals surface area contributed by atoms with Crippen molar-refractivity contribution in [1.29, 1.82) is 5.26 Å². The molecule has 0 bridgehead atoms. The number of nitrogens with one attached hydrogen (secondary N) is 1. The Morgan fingerprint density at radius 3 is 2.68 bits per heavy atom. The summed E-state index contributed by atoms with van der Waals surface area (Å²) in [6.07, 6.45) is 3.57. The molecule has 1 aromatic heterocycles. The molecule has 0 fully saturated rings. The first-order valence-electron chi connectivity index (χ1n) is 9.85. The summed E-state index contributed by atoms with van der Waals surface area (Å²) in [6.45, 7) is 2.10. The number of benzene rings is 3. The van der Waals surface area contributed by atoms with E-state index >= 15 is 0 Å². The van der Waals surface area contributed by atoms with Crippen molar-refractivity contribution in [3.05, 3.63) is 102 Å². The van der Waals surface area contributed by atoms with E-state index in [1.165, 1.54) is 12.1 Å². The molecule has 0 aliphatic carbocycles. The van der Waals surface area contributed by atoms with Gasteiger partial charge < -0.3 is 9.88 Å². The van der Waals surface area contributed by atoms with Gasteiger partial charge in [-0.25, -0.2) is 4.39 Å². The lowest BCUT2D eigenvalue weighted by molar-refractivity contribution is -0.116. The summed E-state index contributed by atoms with van der Waals surface area (Å²) in [5.41, 5.74) is 4.35. The fourth-order valence-corrected chi connectivity index (χ4v) is 3.59. The molecule has 1 amide bonds. The number of hydrogen-bond donors (Lipinski definition) is 1. The van der Waals surface area contributed by atoms with Gasteiger partial charge in [-0.05, 0) is 54.5 Å². The van der Waals surface area contributed by atoms with Crippen molar-refractivity contribution >= 4 is 34.1 Å². The number of aromatic nitrogens is 1. The van der Waals surface area contributed by atoms with Crippen LogP contribution in [0, 0.1) is 24.1 Å². The highest BCUT2D eigenvalue weighted by Gasteiger charge is 2.12. The number of aryl methyl sites for hydroxylation is 1. The van der Waals surface area contributed by atoms with Crippen molar-refractivity contribution in [2.24, 2.45) is 0 Å². The number of carbonyl (C=O) groups is 1. The van der Waals surface area contributed by atoms with Crippen LogP contribution in [0.4, 0.5) is 10.1 Å². The Bertz CT molecular complexity index is 1340. The Labute approximate surface area is 179 Å². The molecule has 5 heteroatoms. The highest BCUT2D eigenvalue weighted by atomic mass is 19.1. The summed E-state index contributed by atoms with van der Waals surface area (Å²) in [4.78, 5) is 12.6. The largest absolute Gasteiger partial charge is 0.337 e. The smallest absolute Gasteiger partial charge is 0.244 e. The van der Waals surface area contributed by atoms with E-state index in [-0.39, 0.29) is 12.5 Å². The second kappa shape index (κ2) is 8.68. The van der Waals surface area contributed by atoms with Crippen LogP contribution in [0.1, 0.15) is 16.7 Å². The van der Waals surface area contributed by atoms with E-state index in [0.29, 0.717) is 11.1 Å². The van der Waals surface area contributed by atoms with Gasteiger partial charge >= 0.3 is 0 Å². The molecule has 0 unspecified atom stereocenters. The zero-order chi connectivity index (χ0) is 21.8. The van der Waals surface area contributed by atoms with Crippen LogP contribution < -0.4 is 5.32 Å². The van der Waals surface area contributed by atoms with Gasteiger partial charge in [0.05, 0.1) is 11.6 Å². The number of nitriles is 1. The van der Waals surface area contributed by atoms with Gasteiger partial charge in [-0.1, -0.05) is 42.5 Å². The lowest BCUT2D eigenvalue weighted by Gasteiger charge is -2.08. The third kappa shape index (κ3) is 4.54. The van der Waals surface area contributed by atoms with E-state index < -0.39 is 5.82 Å². The molecule has 0 aliphatic rings. The Morgan fingerprint density at radius 2 is 1.90 bits per heavy atom. The number of anilines is 1. The number of fused-ring (bicyclic) bond motifs is 1. The predicted octanol–water partition coefficient (Wildman–Crippen LogP) is 5.79. The Balaban J connectivity index is 1.67. The number of nitrogens with zero attached hydrogens (tertiary/aromatic N) is 2. The van der Waals surface area contributed by atoms with Gasteiger partial charge in [0.2, 0.25) is 5.91 Å². The van der Waals surface area contributed by atoms with Crippen LogP contribution in [0.2, 0.25) is 0 Å². The normalized spacial score (nSPS) is 11.3. The molecule has 1 N–H and O–H groups in total. The maximum atomic E-state index is 13.6. The number of hydrogen-bond acceptors (Lipinski definition) is 2. The molecule has 152 valence electrons. The van der Waals surface area contributed by atoms with Crippen molar-refractivity contribution in [1.82, 2.24) is 4.57 Å². The standard InChI is InChI=1S/C26H20FN3O/c1-18-6-4-9-23(12-18)29-26(31)17-30-16-21(24-10-2-3-11-25(24)30)13-20(15-28)19-7-5-8-22(27)14-19/h2-14,16H,17H2,1H3,(H,29,31)/b20-13-. The fraction of sp³-hybridized carbons (Fsp3) is 0.0769. The number of rotatable bonds is 5. The first-order chi connectivity index (χ1) is 15.0. The molecule has 4 aromatic rings. The molecule has 3 aromatic carbocycles. The molecular formula is C26H20FN3O. The molecule has 0 saturated carbocycles. The predicted molar refractivity (Wildman–Crippen MR) is 122 cm³/mol. The fourth-order valence-electron chi connectivity index (χ4n) is 3.59. The molecule has 0 saturated heterocycles. The molecule has 4 rings (SSSR count). The minimum Gasteiger partial charge on any atom is -0.337 e. The topological polar surface area (TPSA) is 57.8 Å². The molecule has 0 spiro atoms. The van der Waals surface area contributed by atoms with E-state index in [1.807, 2.05) is 66.2 Å². The Hall–Kier alpha value is -4.17. The number of para-hydroxylation sites is 1. The third-order valence-corrected chi connectivity index (χ3v) is 4.99.